The first-order valence-electron chi connectivity index (χ1n) is 8.08. The SMILES string of the molecule is CN(C)c1cccc(-n2c3ccncc3c3nc4ccncn4c32)c1. The molecular formula is C19H16N6. The molecule has 0 aliphatic rings. The Labute approximate surface area is 144 Å². The Balaban J connectivity index is 1.97. The van der Waals surface area contributed by atoms with Crippen LogP contribution in [0.25, 0.3) is 33.4 Å². The third-order valence-corrected chi connectivity index (χ3v) is 4.52. The number of nitrogens with zero attached hydrogens (tertiary/aromatic N) is 6. The highest BCUT2D eigenvalue weighted by molar-refractivity contribution is 6.07. The van der Waals surface area contributed by atoms with Crippen molar-refractivity contribution in [2.45, 2.75) is 0 Å². The minimum atomic E-state index is 0.878. The summed E-state index contributed by atoms with van der Waals surface area (Å²) < 4.78 is 4.25. The fourth-order valence-electron chi connectivity index (χ4n) is 3.33. The summed E-state index contributed by atoms with van der Waals surface area (Å²) in [6.45, 7) is 0. The lowest BCUT2D eigenvalue weighted by atomic mass is 10.2. The molecule has 0 amide bonds. The molecule has 6 heteroatoms. The van der Waals surface area contributed by atoms with E-state index in [0.29, 0.717) is 0 Å². The van der Waals surface area contributed by atoms with Crippen LogP contribution in [0, 0.1) is 0 Å². The molecule has 5 rings (SSSR count). The van der Waals surface area contributed by atoms with Gasteiger partial charge in [-0.3, -0.25) is 14.0 Å². The van der Waals surface area contributed by atoms with E-state index < -0.39 is 0 Å². The molecule has 122 valence electrons. The van der Waals surface area contributed by atoms with Crippen molar-refractivity contribution in [3.63, 3.8) is 0 Å². The van der Waals surface area contributed by atoms with Gasteiger partial charge in [-0.05, 0) is 30.3 Å². The van der Waals surface area contributed by atoms with E-state index in [4.69, 9.17) is 4.98 Å². The van der Waals surface area contributed by atoms with Gasteiger partial charge in [-0.2, -0.15) is 0 Å². The van der Waals surface area contributed by atoms with E-state index in [0.717, 1.165) is 39.1 Å². The fourth-order valence-corrected chi connectivity index (χ4v) is 3.33. The maximum absolute atomic E-state index is 4.80. The van der Waals surface area contributed by atoms with Gasteiger partial charge >= 0.3 is 0 Å². The lowest BCUT2D eigenvalue weighted by molar-refractivity contribution is 1.05. The van der Waals surface area contributed by atoms with Crippen molar-refractivity contribution in [3.8, 4) is 5.69 Å². The zero-order valence-electron chi connectivity index (χ0n) is 14.0. The summed E-state index contributed by atoms with van der Waals surface area (Å²) in [7, 11) is 4.09. The lowest BCUT2D eigenvalue weighted by Crippen LogP contribution is -2.09. The fraction of sp³-hybridized carbons (Fsp3) is 0.105. The van der Waals surface area contributed by atoms with Gasteiger partial charge in [0.2, 0.25) is 0 Å². The van der Waals surface area contributed by atoms with Crippen LogP contribution in [0.15, 0.2) is 61.3 Å². The number of imidazole rings is 1. The molecule has 0 fully saturated rings. The number of aromatic nitrogens is 5. The summed E-state index contributed by atoms with van der Waals surface area (Å²) in [6, 6.07) is 12.4. The lowest BCUT2D eigenvalue weighted by Gasteiger charge is -2.15. The topological polar surface area (TPSA) is 51.2 Å². The van der Waals surface area contributed by atoms with Crippen LogP contribution in [0.1, 0.15) is 0 Å². The van der Waals surface area contributed by atoms with Crippen LogP contribution >= 0.6 is 0 Å². The van der Waals surface area contributed by atoms with Gasteiger partial charge in [-0.1, -0.05) is 6.07 Å². The van der Waals surface area contributed by atoms with Gasteiger partial charge in [-0.15, -0.1) is 0 Å². The van der Waals surface area contributed by atoms with E-state index in [2.05, 4.69) is 43.7 Å². The average molecular weight is 328 g/mol. The first-order chi connectivity index (χ1) is 12.2. The second kappa shape index (κ2) is 5.04. The summed E-state index contributed by atoms with van der Waals surface area (Å²) in [5.41, 5.74) is 6.13. The van der Waals surface area contributed by atoms with Gasteiger partial charge in [0, 0.05) is 49.4 Å². The highest BCUT2D eigenvalue weighted by Gasteiger charge is 2.18. The second-order valence-electron chi connectivity index (χ2n) is 6.24. The predicted molar refractivity (Wildman–Crippen MR) is 99.4 cm³/mol. The Kier molecular flexibility index (Phi) is 2.82. The first-order valence-corrected chi connectivity index (χ1v) is 8.08. The number of hydrogen-bond donors (Lipinski definition) is 0. The highest BCUT2D eigenvalue weighted by atomic mass is 15.2. The Hall–Kier alpha value is -3.41. The molecule has 0 unspecified atom stereocenters. The zero-order valence-corrected chi connectivity index (χ0v) is 14.0. The maximum atomic E-state index is 4.80. The first kappa shape index (κ1) is 14.0. The van der Waals surface area contributed by atoms with Gasteiger partial charge in [0.25, 0.3) is 0 Å². The van der Waals surface area contributed by atoms with Crippen molar-refractivity contribution in [3.05, 3.63) is 61.3 Å². The highest BCUT2D eigenvalue weighted by Crippen LogP contribution is 2.32. The molecule has 0 N–H and O–H groups in total. The molecule has 0 spiro atoms. The Bertz CT molecular complexity index is 1220. The summed E-state index contributed by atoms with van der Waals surface area (Å²) in [4.78, 5) is 15.5. The van der Waals surface area contributed by atoms with Gasteiger partial charge in [-0.25, -0.2) is 9.97 Å². The molecule has 0 atom stereocenters. The van der Waals surface area contributed by atoms with Crippen molar-refractivity contribution in [2.24, 2.45) is 0 Å². The molecule has 0 saturated carbocycles. The van der Waals surface area contributed by atoms with Crippen LogP contribution in [0.3, 0.4) is 0 Å². The molecule has 1 aromatic carbocycles. The van der Waals surface area contributed by atoms with Gasteiger partial charge in [0.1, 0.15) is 17.5 Å². The molecule has 0 radical (unpaired) electrons. The number of hydrogen-bond acceptors (Lipinski definition) is 4. The van der Waals surface area contributed by atoms with Crippen molar-refractivity contribution >= 4 is 33.4 Å². The summed E-state index contributed by atoms with van der Waals surface area (Å²) in [5.74, 6) is 0. The molecule has 4 heterocycles. The number of rotatable bonds is 2. The molecule has 0 aliphatic heterocycles. The molecule has 6 nitrogen and oxygen atoms in total. The summed E-state index contributed by atoms with van der Waals surface area (Å²) in [5, 5.41) is 1.04. The smallest absolute Gasteiger partial charge is 0.152 e. The largest absolute Gasteiger partial charge is 0.378 e. The number of anilines is 1. The normalized spacial score (nSPS) is 11.6. The van der Waals surface area contributed by atoms with Crippen molar-refractivity contribution in [2.75, 3.05) is 19.0 Å². The number of benzene rings is 1. The van der Waals surface area contributed by atoms with E-state index >= 15 is 0 Å². The van der Waals surface area contributed by atoms with E-state index in [-0.39, 0.29) is 0 Å². The second-order valence-corrected chi connectivity index (χ2v) is 6.24. The molecule has 0 bridgehead atoms. The third-order valence-electron chi connectivity index (χ3n) is 4.52. The van der Waals surface area contributed by atoms with Gasteiger partial charge in [0.05, 0.1) is 5.52 Å². The zero-order chi connectivity index (χ0) is 17.0. The van der Waals surface area contributed by atoms with E-state index in [9.17, 15) is 0 Å². The Morgan fingerprint density at radius 2 is 1.88 bits per heavy atom. The van der Waals surface area contributed by atoms with Crippen LogP contribution < -0.4 is 4.90 Å². The van der Waals surface area contributed by atoms with E-state index in [1.54, 1.807) is 6.20 Å². The van der Waals surface area contributed by atoms with E-state index in [1.165, 1.54) is 0 Å². The van der Waals surface area contributed by atoms with Gasteiger partial charge in [0.15, 0.2) is 5.65 Å². The van der Waals surface area contributed by atoms with Crippen LogP contribution in [-0.4, -0.2) is 38.0 Å². The standard InChI is InChI=1S/C19H16N6/c1-23(2)13-4-3-5-14(10-13)25-16-6-8-20-11-15(16)18-19(25)24-12-21-9-7-17(24)22-18/h3-12H,1-2H3. The van der Waals surface area contributed by atoms with Crippen LogP contribution in [-0.2, 0) is 0 Å². The quantitative estimate of drug-likeness (QED) is 0.499. The number of pyridine rings is 1. The van der Waals surface area contributed by atoms with Crippen molar-refractivity contribution in [1.82, 2.24) is 23.9 Å². The minimum Gasteiger partial charge on any atom is -0.378 e. The maximum Gasteiger partial charge on any atom is 0.152 e. The van der Waals surface area contributed by atoms with Crippen LogP contribution in [0.2, 0.25) is 0 Å². The third kappa shape index (κ3) is 1.94. The Morgan fingerprint density at radius 3 is 2.76 bits per heavy atom. The van der Waals surface area contributed by atoms with Crippen molar-refractivity contribution < 1.29 is 0 Å². The molecule has 5 aromatic rings. The molecule has 4 aromatic heterocycles. The summed E-state index contributed by atoms with van der Waals surface area (Å²) >= 11 is 0. The minimum absolute atomic E-state index is 0.878. The monoisotopic (exact) mass is 328 g/mol. The van der Waals surface area contributed by atoms with Gasteiger partial charge < -0.3 is 4.90 Å². The molecule has 0 saturated heterocycles. The van der Waals surface area contributed by atoms with E-state index in [1.807, 2.05) is 49.3 Å². The van der Waals surface area contributed by atoms with Crippen LogP contribution in [0.4, 0.5) is 5.69 Å². The molecule has 25 heavy (non-hydrogen) atoms. The average Bonchev–Trinajstić information content (AvgIpc) is 3.16. The molecule has 0 aliphatic carbocycles. The van der Waals surface area contributed by atoms with Crippen LogP contribution in [0.5, 0.6) is 0 Å². The Morgan fingerprint density at radius 1 is 1.00 bits per heavy atom. The summed E-state index contributed by atoms with van der Waals surface area (Å²) in [6.07, 6.45) is 7.27. The predicted octanol–water partition coefficient (Wildman–Crippen LogP) is 3.29. The van der Waals surface area contributed by atoms with Crippen molar-refractivity contribution in [1.29, 1.82) is 0 Å². The number of fused-ring (bicyclic) bond motifs is 5. The molecular weight excluding hydrogens is 312 g/mol.